The fraction of sp³-hybridized carbons (Fsp3) is 0.545. The molecule has 0 N–H and O–H groups in total. The Morgan fingerprint density at radius 3 is 2.57 bits per heavy atom. The summed E-state index contributed by atoms with van der Waals surface area (Å²) < 4.78 is 0. The van der Waals surface area contributed by atoms with Gasteiger partial charge in [0.15, 0.2) is 11.6 Å². The number of rotatable bonds is 6. The van der Waals surface area contributed by atoms with E-state index in [0.717, 1.165) is 42.2 Å². The average Bonchev–Trinajstić information content (AvgIpc) is 3.07. The van der Waals surface area contributed by atoms with Crippen LogP contribution in [0.15, 0.2) is 18.3 Å². The molecule has 2 aromatic heterocycles. The molecule has 0 amide bonds. The van der Waals surface area contributed by atoms with E-state index in [4.69, 9.17) is 9.97 Å². The molecule has 1 aliphatic carbocycles. The number of nitrogens with zero attached hydrogens (tertiary/aromatic N) is 5. The summed E-state index contributed by atoms with van der Waals surface area (Å²) >= 11 is 0. The Morgan fingerprint density at radius 2 is 1.89 bits per heavy atom. The zero-order valence-corrected chi connectivity index (χ0v) is 17.9. The Morgan fingerprint density at radius 1 is 1.14 bits per heavy atom. The lowest BCUT2D eigenvalue weighted by atomic mass is 9.90. The number of carbonyl (C=O) groups is 1. The first kappa shape index (κ1) is 20.2. The van der Waals surface area contributed by atoms with E-state index in [1.807, 2.05) is 43.1 Å². The molecule has 0 saturated carbocycles. The van der Waals surface area contributed by atoms with E-state index in [2.05, 4.69) is 25.8 Å². The van der Waals surface area contributed by atoms with Crippen LogP contribution in [0.4, 0.5) is 11.5 Å². The summed E-state index contributed by atoms with van der Waals surface area (Å²) in [5.41, 5.74) is 4.08. The third-order valence-electron chi connectivity index (χ3n) is 4.90. The van der Waals surface area contributed by atoms with Crippen LogP contribution >= 0.6 is 0 Å². The quantitative estimate of drug-likeness (QED) is 0.763. The molecule has 6 nitrogen and oxygen atoms in total. The Balaban J connectivity index is 1.94. The SMILES string of the molecule is CN(C)c1ccnc(-c2nc3c(c(N(C)CC(=O)CC(C)(C)C)n2)CCC3)c1. The highest BCUT2D eigenvalue weighted by atomic mass is 16.1. The van der Waals surface area contributed by atoms with Gasteiger partial charge in [-0.3, -0.25) is 9.78 Å². The third-order valence-corrected chi connectivity index (χ3v) is 4.90. The lowest BCUT2D eigenvalue weighted by molar-refractivity contribution is -0.119. The van der Waals surface area contributed by atoms with Gasteiger partial charge >= 0.3 is 0 Å². The van der Waals surface area contributed by atoms with Crippen molar-refractivity contribution in [3.63, 3.8) is 0 Å². The lowest BCUT2D eigenvalue weighted by Crippen LogP contribution is -2.30. The maximum Gasteiger partial charge on any atom is 0.180 e. The van der Waals surface area contributed by atoms with Gasteiger partial charge in [0, 0.05) is 50.7 Å². The van der Waals surface area contributed by atoms with E-state index >= 15 is 0 Å². The molecule has 150 valence electrons. The van der Waals surface area contributed by atoms with Crippen molar-refractivity contribution in [2.24, 2.45) is 5.41 Å². The zero-order valence-electron chi connectivity index (χ0n) is 17.9. The van der Waals surface area contributed by atoms with Crippen molar-refractivity contribution in [1.82, 2.24) is 15.0 Å². The van der Waals surface area contributed by atoms with Gasteiger partial charge in [-0.1, -0.05) is 20.8 Å². The first-order valence-electron chi connectivity index (χ1n) is 9.90. The van der Waals surface area contributed by atoms with E-state index in [1.165, 1.54) is 5.56 Å². The van der Waals surface area contributed by atoms with Crippen molar-refractivity contribution in [3.8, 4) is 11.5 Å². The number of fused-ring (bicyclic) bond motifs is 1. The summed E-state index contributed by atoms with van der Waals surface area (Å²) in [6.45, 7) is 6.64. The van der Waals surface area contributed by atoms with Crippen LogP contribution in [0.5, 0.6) is 0 Å². The fourth-order valence-electron chi connectivity index (χ4n) is 3.65. The molecule has 0 fully saturated rings. The summed E-state index contributed by atoms with van der Waals surface area (Å²) in [6, 6.07) is 3.97. The molecule has 2 aromatic rings. The van der Waals surface area contributed by atoms with Gasteiger partial charge in [-0.05, 0) is 36.8 Å². The van der Waals surface area contributed by atoms with Gasteiger partial charge in [0.25, 0.3) is 0 Å². The monoisotopic (exact) mass is 381 g/mol. The minimum atomic E-state index is -0.00670. The smallest absolute Gasteiger partial charge is 0.180 e. The molecule has 2 heterocycles. The highest BCUT2D eigenvalue weighted by Gasteiger charge is 2.24. The number of anilines is 2. The van der Waals surface area contributed by atoms with Crippen molar-refractivity contribution in [2.75, 3.05) is 37.5 Å². The molecule has 0 unspecified atom stereocenters. The van der Waals surface area contributed by atoms with Crippen LogP contribution in [0, 0.1) is 5.41 Å². The molecule has 0 aliphatic heterocycles. The minimum Gasteiger partial charge on any atom is -0.378 e. The Labute approximate surface area is 168 Å². The van der Waals surface area contributed by atoms with Gasteiger partial charge in [-0.25, -0.2) is 9.97 Å². The van der Waals surface area contributed by atoms with E-state index < -0.39 is 0 Å². The van der Waals surface area contributed by atoms with Gasteiger partial charge in [0.1, 0.15) is 11.5 Å². The van der Waals surface area contributed by atoms with E-state index in [1.54, 1.807) is 6.20 Å². The number of carbonyl (C=O) groups excluding carboxylic acids is 1. The summed E-state index contributed by atoms with van der Waals surface area (Å²) in [6.07, 6.45) is 5.35. The van der Waals surface area contributed by atoms with Crippen molar-refractivity contribution < 1.29 is 4.79 Å². The van der Waals surface area contributed by atoms with Crippen molar-refractivity contribution in [1.29, 1.82) is 0 Å². The Hall–Kier alpha value is -2.50. The van der Waals surface area contributed by atoms with Crippen LogP contribution < -0.4 is 9.80 Å². The molecule has 0 radical (unpaired) electrons. The molecule has 0 saturated heterocycles. The maximum atomic E-state index is 12.5. The van der Waals surface area contributed by atoms with Crippen molar-refractivity contribution in [3.05, 3.63) is 29.6 Å². The fourth-order valence-corrected chi connectivity index (χ4v) is 3.65. The molecule has 0 atom stereocenters. The van der Waals surface area contributed by atoms with Crippen LogP contribution in [0.1, 0.15) is 44.9 Å². The van der Waals surface area contributed by atoms with Crippen LogP contribution in [0.2, 0.25) is 0 Å². The predicted octanol–water partition coefficient (Wildman–Crippen LogP) is 3.53. The second-order valence-electron chi connectivity index (χ2n) is 9.08. The normalized spacial score (nSPS) is 13.4. The summed E-state index contributed by atoms with van der Waals surface area (Å²) in [5, 5.41) is 0. The molecule has 0 bridgehead atoms. The number of hydrogen-bond donors (Lipinski definition) is 0. The highest BCUT2D eigenvalue weighted by molar-refractivity contribution is 5.84. The molecule has 1 aliphatic rings. The highest BCUT2D eigenvalue weighted by Crippen LogP contribution is 2.31. The number of ketones is 1. The first-order valence-corrected chi connectivity index (χ1v) is 9.90. The molecule has 0 aromatic carbocycles. The molecular formula is C22H31N5O. The summed E-state index contributed by atoms with van der Waals surface area (Å²) in [5.74, 6) is 1.74. The second kappa shape index (κ2) is 7.86. The largest absolute Gasteiger partial charge is 0.378 e. The minimum absolute atomic E-state index is 0.00670. The number of aromatic nitrogens is 3. The molecule has 6 heteroatoms. The van der Waals surface area contributed by atoms with Crippen LogP contribution in [0.3, 0.4) is 0 Å². The van der Waals surface area contributed by atoms with Crippen LogP contribution in [0.25, 0.3) is 11.5 Å². The Kier molecular flexibility index (Phi) is 5.68. The van der Waals surface area contributed by atoms with E-state index in [9.17, 15) is 4.79 Å². The molecule has 28 heavy (non-hydrogen) atoms. The number of aryl methyl sites for hydroxylation is 1. The van der Waals surface area contributed by atoms with E-state index in [0.29, 0.717) is 18.8 Å². The van der Waals surface area contributed by atoms with Crippen LogP contribution in [-0.2, 0) is 17.6 Å². The van der Waals surface area contributed by atoms with Gasteiger partial charge in [0.05, 0.1) is 6.54 Å². The topological polar surface area (TPSA) is 62.2 Å². The summed E-state index contributed by atoms with van der Waals surface area (Å²) in [4.78, 5) is 30.7. The number of hydrogen-bond acceptors (Lipinski definition) is 6. The molecule has 3 rings (SSSR count). The van der Waals surface area contributed by atoms with Crippen LogP contribution in [-0.4, -0.2) is 48.4 Å². The van der Waals surface area contributed by atoms with E-state index in [-0.39, 0.29) is 11.2 Å². The van der Waals surface area contributed by atoms with Gasteiger partial charge in [-0.15, -0.1) is 0 Å². The van der Waals surface area contributed by atoms with Crippen molar-refractivity contribution >= 4 is 17.3 Å². The standard InChI is InChI=1S/C22H31N5O/c1-22(2,3)13-16(28)14-27(6)21-17-8-7-9-18(17)24-20(25-21)19-12-15(26(4)5)10-11-23-19/h10-12H,7-9,13-14H2,1-6H3. The molecule has 0 spiro atoms. The first-order chi connectivity index (χ1) is 13.1. The Bertz CT molecular complexity index is 870. The zero-order chi connectivity index (χ0) is 20.5. The number of pyridine rings is 1. The van der Waals surface area contributed by atoms with Gasteiger partial charge < -0.3 is 9.80 Å². The maximum absolute atomic E-state index is 12.5. The number of likely N-dealkylation sites (N-methyl/N-ethyl adjacent to an activating group) is 1. The second-order valence-corrected chi connectivity index (χ2v) is 9.08. The lowest BCUT2D eigenvalue weighted by Gasteiger charge is -2.23. The number of Topliss-reactive ketones (excluding diaryl/α,β-unsaturated/α-hetero) is 1. The third kappa shape index (κ3) is 4.66. The van der Waals surface area contributed by atoms with Gasteiger partial charge in [0.2, 0.25) is 0 Å². The average molecular weight is 382 g/mol. The van der Waals surface area contributed by atoms with Gasteiger partial charge in [-0.2, -0.15) is 0 Å². The summed E-state index contributed by atoms with van der Waals surface area (Å²) in [7, 11) is 5.96. The predicted molar refractivity (Wildman–Crippen MR) is 114 cm³/mol. The van der Waals surface area contributed by atoms with Crippen molar-refractivity contribution in [2.45, 2.75) is 46.5 Å². The molecular weight excluding hydrogens is 350 g/mol.